The maximum absolute atomic E-state index is 10.8. The van der Waals surface area contributed by atoms with E-state index in [-0.39, 0.29) is 5.78 Å². The largest absolute Gasteiger partial charge is 0.431 e. The van der Waals surface area contributed by atoms with Crippen molar-refractivity contribution in [2.24, 2.45) is 0 Å². The summed E-state index contributed by atoms with van der Waals surface area (Å²) in [6.45, 7) is 8.44. The highest BCUT2D eigenvalue weighted by Crippen LogP contribution is 2.42. The monoisotopic (exact) mass is 248 g/mol. The average Bonchev–Trinajstić information content (AvgIpc) is 2.20. The highest BCUT2D eigenvalue weighted by Gasteiger charge is 2.13. The number of carbonyl (C=O) groups excluding carboxylic acids is 1. The molecule has 0 aromatic carbocycles. The fourth-order valence-corrected chi connectivity index (χ4v) is 1.98. The highest BCUT2D eigenvalue weighted by atomic mass is 31.2. The minimum atomic E-state index is -1.36. The zero-order valence-corrected chi connectivity index (χ0v) is 11.4. The summed E-state index contributed by atoms with van der Waals surface area (Å²) in [5, 5.41) is 0. The molecule has 0 fully saturated rings. The van der Waals surface area contributed by atoms with Crippen molar-refractivity contribution in [3.8, 4) is 0 Å². The standard InChI is InChI=1S/C11H21O4P/c1-5-7-13-16(14-8-6-2)15-11(4)9-10(3)12/h9H,5-8H2,1-4H3/b11-9-. The Labute approximate surface area is 99.0 Å². The second-order valence-electron chi connectivity index (χ2n) is 3.35. The lowest BCUT2D eigenvalue weighted by Gasteiger charge is -2.16. The maximum atomic E-state index is 10.8. The number of rotatable bonds is 9. The second-order valence-corrected chi connectivity index (χ2v) is 4.49. The Morgan fingerprint density at radius 1 is 1.12 bits per heavy atom. The van der Waals surface area contributed by atoms with Crippen molar-refractivity contribution in [3.05, 3.63) is 11.8 Å². The average molecular weight is 248 g/mol. The van der Waals surface area contributed by atoms with Crippen LogP contribution in [0, 0.1) is 0 Å². The minimum absolute atomic E-state index is 0.0431. The van der Waals surface area contributed by atoms with E-state index in [9.17, 15) is 4.79 Å². The molecule has 0 N–H and O–H groups in total. The van der Waals surface area contributed by atoms with Crippen LogP contribution in [-0.2, 0) is 18.4 Å². The van der Waals surface area contributed by atoms with E-state index in [4.69, 9.17) is 13.6 Å². The number of allylic oxidation sites excluding steroid dienone is 2. The predicted molar refractivity (Wildman–Crippen MR) is 64.9 cm³/mol. The first-order valence-corrected chi connectivity index (χ1v) is 6.62. The van der Waals surface area contributed by atoms with Gasteiger partial charge in [-0.15, -0.1) is 0 Å². The van der Waals surface area contributed by atoms with Crippen LogP contribution in [0.2, 0.25) is 0 Å². The highest BCUT2D eigenvalue weighted by molar-refractivity contribution is 7.41. The zero-order chi connectivity index (χ0) is 12.4. The second kappa shape index (κ2) is 9.76. The normalized spacial score (nSPS) is 11.9. The van der Waals surface area contributed by atoms with E-state index in [2.05, 4.69) is 0 Å². The van der Waals surface area contributed by atoms with Gasteiger partial charge in [-0.25, -0.2) is 0 Å². The molecule has 0 aliphatic heterocycles. The van der Waals surface area contributed by atoms with Gasteiger partial charge in [-0.1, -0.05) is 13.8 Å². The molecule has 0 rings (SSSR count). The first kappa shape index (κ1) is 15.6. The summed E-state index contributed by atoms with van der Waals surface area (Å²) in [5.74, 6) is 0.490. The molecule has 0 radical (unpaired) electrons. The maximum Gasteiger partial charge on any atom is 0.396 e. The van der Waals surface area contributed by atoms with Gasteiger partial charge in [0.05, 0.1) is 13.2 Å². The van der Waals surface area contributed by atoms with Gasteiger partial charge in [-0.2, -0.15) is 0 Å². The van der Waals surface area contributed by atoms with E-state index >= 15 is 0 Å². The summed E-state index contributed by atoms with van der Waals surface area (Å²) in [6, 6.07) is 0. The van der Waals surface area contributed by atoms with E-state index in [0.717, 1.165) is 12.8 Å². The first-order chi connectivity index (χ1) is 7.60. The van der Waals surface area contributed by atoms with Gasteiger partial charge in [0.1, 0.15) is 5.76 Å². The quantitative estimate of drug-likeness (QED) is 0.355. The number of hydrogen-bond acceptors (Lipinski definition) is 4. The van der Waals surface area contributed by atoms with Gasteiger partial charge in [0.2, 0.25) is 0 Å². The van der Waals surface area contributed by atoms with E-state index in [0.29, 0.717) is 19.0 Å². The third-order valence-electron chi connectivity index (χ3n) is 1.43. The molecular formula is C11H21O4P. The van der Waals surface area contributed by atoms with Crippen molar-refractivity contribution in [3.63, 3.8) is 0 Å². The van der Waals surface area contributed by atoms with Crippen LogP contribution in [0.25, 0.3) is 0 Å². The lowest BCUT2D eigenvalue weighted by Crippen LogP contribution is -1.97. The molecule has 0 saturated heterocycles. The van der Waals surface area contributed by atoms with Gasteiger partial charge < -0.3 is 13.6 Å². The first-order valence-electron chi connectivity index (χ1n) is 5.52. The van der Waals surface area contributed by atoms with Crippen molar-refractivity contribution in [2.75, 3.05) is 13.2 Å². The molecule has 0 aromatic rings. The molecule has 16 heavy (non-hydrogen) atoms. The smallest absolute Gasteiger partial charge is 0.396 e. The Morgan fingerprint density at radius 2 is 1.62 bits per heavy atom. The van der Waals surface area contributed by atoms with Crippen LogP contribution in [0.4, 0.5) is 0 Å². The Morgan fingerprint density at radius 3 is 2.00 bits per heavy atom. The van der Waals surface area contributed by atoms with Crippen LogP contribution in [0.5, 0.6) is 0 Å². The van der Waals surface area contributed by atoms with Gasteiger partial charge in [0.25, 0.3) is 0 Å². The van der Waals surface area contributed by atoms with Crippen LogP contribution in [0.3, 0.4) is 0 Å². The van der Waals surface area contributed by atoms with Crippen molar-refractivity contribution in [1.82, 2.24) is 0 Å². The van der Waals surface area contributed by atoms with Crippen molar-refractivity contribution in [1.29, 1.82) is 0 Å². The molecule has 0 amide bonds. The lowest BCUT2D eigenvalue weighted by atomic mass is 10.4. The number of hydrogen-bond donors (Lipinski definition) is 0. The van der Waals surface area contributed by atoms with Gasteiger partial charge in [-0.05, 0) is 26.7 Å². The summed E-state index contributed by atoms with van der Waals surface area (Å²) in [6.07, 6.45) is 3.25. The summed E-state index contributed by atoms with van der Waals surface area (Å²) in [4.78, 5) is 10.8. The Bertz CT molecular complexity index is 220. The molecule has 4 nitrogen and oxygen atoms in total. The van der Waals surface area contributed by atoms with E-state index in [1.807, 2.05) is 13.8 Å². The molecule has 0 atom stereocenters. The SMILES string of the molecule is CCCOP(OCCC)O/C(C)=C\C(C)=O. The van der Waals surface area contributed by atoms with E-state index < -0.39 is 8.60 Å². The lowest BCUT2D eigenvalue weighted by molar-refractivity contribution is -0.112. The van der Waals surface area contributed by atoms with Gasteiger partial charge >= 0.3 is 8.60 Å². The minimum Gasteiger partial charge on any atom is -0.431 e. The van der Waals surface area contributed by atoms with Crippen LogP contribution in [0.1, 0.15) is 40.5 Å². The third-order valence-corrected chi connectivity index (χ3v) is 2.65. The Kier molecular flexibility index (Phi) is 9.49. The number of carbonyl (C=O) groups is 1. The molecule has 0 aliphatic carbocycles. The number of ketones is 1. The van der Waals surface area contributed by atoms with Crippen LogP contribution in [-0.4, -0.2) is 19.0 Å². The molecule has 0 unspecified atom stereocenters. The predicted octanol–water partition coefficient (Wildman–Crippen LogP) is 3.58. The van der Waals surface area contributed by atoms with Crippen LogP contribution in [0.15, 0.2) is 11.8 Å². The van der Waals surface area contributed by atoms with Crippen molar-refractivity contribution >= 4 is 14.4 Å². The summed E-state index contributed by atoms with van der Waals surface area (Å²) >= 11 is 0. The Balaban J connectivity index is 4.12. The molecule has 94 valence electrons. The van der Waals surface area contributed by atoms with E-state index in [1.54, 1.807) is 6.92 Å². The van der Waals surface area contributed by atoms with Gasteiger partial charge in [0, 0.05) is 6.08 Å². The molecule has 0 bridgehead atoms. The van der Waals surface area contributed by atoms with Gasteiger partial charge in [-0.3, -0.25) is 4.79 Å². The molecule has 0 aromatic heterocycles. The van der Waals surface area contributed by atoms with Crippen molar-refractivity contribution in [2.45, 2.75) is 40.5 Å². The van der Waals surface area contributed by atoms with E-state index in [1.165, 1.54) is 13.0 Å². The summed E-state index contributed by atoms with van der Waals surface area (Å²) < 4.78 is 16.3. The fourth-order valence-electron chi connectivity index (χ4n) is 0.852. The molecule has 0 spiro atoms. The van der Waals surface area contributed by atoms with Crippen molar-refractivity contribution < 1.29 is 18.4 Å². The molecule has 0 heterocycles. The third kappa shape index (κ3) is 8.84. The summed E-state index contributed by atoms with van der Waals surface area (Å²) in [7, 11) is -1.36. The van der Waals surface area contributed by atoms with Gasteiger partial charge in [0.15, 0.2) is 5.78 Å². The molecular weight excluding hydrogens is 227 g/mol. The molecule has 0 aliphatic rings. The zero-order valence-electron chi connectivity index (χ0n) is 10.5. The molecule has 0 saturated carbocycles. The summed E-state index contributed by atoms with van der Waals surface area (Å²) in [5.41, 5.74) is 0. The fraction of sp³-hybridized carbons (Fsp3) is 0.727. The van der Waals surface area contributed by atoms with Crippen LogP contribution >= 0.6 is 8.60 Å². The Hall–Kier alpha value is -0.440. The van der Waals surface area contributed by atoms with Crippen LogP contribution < -0.4 is 0 Å². The topological polar surface area (TPSA) is 44.8 Å². The molecule has 5 heteroatoms.